The molecule has 29 heavy (non-hydrogen) atoms. The fourth-order valence-corrected chi connectivity index (χ4v) is 5.72. The predicted octanol–water partition coefficient (Wildman–Crippen LogP) is 2.40. The Morgan fingerprint density at radius 1 is 1.28 bits per heavy atom. The molecule has 7 nitrogen and oxygen atoms in total. The van der Waals surface area contributed by atoms with Crippen LogP contribution in [0.4, 0.5) is 0 Å². The van der Waals surface area contributed by atoms with Crippen LogP contribution in [-0.4, -0.2) is 62.1 Å². The summed E-state index contributed by atoms with van der Waals surface area (Å²) in [6, 6.07) is 8.04. The second-order valence-electron chi connectivity index (χ2n) is 8.21. The molecule has 3 aromatic rings. The maximum absolute atomic E-state index is 13.1. The first-order valence-corrected chi connectivity index (χ1v) is 10.7. The van der Waals surface area contributed by atoms with Crippen LogP contribution < -0.4 is 0 Å². The van der Waals surface area contributed by atoms with Crippen molar-refractivity contribution >= 4 is 17.2 Å². The number of fused-ring (bicyclic) bond motifs is 1. The Hall–Kier alpha value is -2.58. The van der Waals surface area contributed by atoms with E-state index in [-0.39, 0.29) is 11.3 Å². The Kier molecular flexibility index (Phi) is 4.48. The van der Waals surface area contributed by atoms with Crippen molar-refractivity contribution in [1.29, 1.82) is 0 Å². The van der Waals surface area contributed by atoms with E-state index in [4.69, 9.17) is 4.98 Å². The number of nitrogens with zero attached hydrogens (tertiary/aromatic N) is 5. The van der Waals surface area contributed by atoms with Crippen molar-refractivity contribution in [2.45, 2.75) is 25.8 Å². The standard InChI is InChI=1S/C21H24N6OS/c1-14-5-6-18(29-14)11-26-9-17-10-27(19(28)16-4-3-7-22-8-16)13-21(17,12-26)20-23-15(2)24-25-20/h3-8,17H,9-13H2,1-2H3,(H,23,24,25)/t17-,21-/m1/s1. The second kappa shape index (κ2) is 7.03. The van der Waals surface area contributed by atoms with Crippen LogP contribution in [0.25, 0.3) is 0 Å². The van der Waals surface area contributed by atoms with Crippen molar-refractivity contribution in [2.24, 2.45) is 5.92 Å². The minimum Gasteiger partial charge on any atom is -0.337 e. The molecule has 0 unspecified atom stereocenters. The number of rotatable bonds is 4. The molecule has 2 aliphatic heterocycles. The highest BCUT2D eigenvalue weighted by atomic mass is 32.1. The summed E-state index contributed by atoms with van der Waals surface area (Å²) in [5.41, 5.74) is 0.411. The van der Waals surface area contributed by atoms with Gasteiger partial charge in [-0.2, -0.15) is 5.10 Å². The average Bonchev–Trinajstić information content (AvgIpc) is 3.46. The van der Waals surface area contributed by atoms with Gasteiger partial charge in [0.05, 0.1) is 11.0 Å². The molecule has 8 heteroatoms. The van der Waals surface area contributed by atoms with Crippen molar-refractivity contribution in [3.63, 3.8) is 0 Å². The molecule has 2 saturated heterocycles. The van der Waals surface area contributed by atoms with Gasteiger partial charge in [0, 0.05) is 60.8 Å². The first-order chi connectivity index (χ1) is 14.0. The number of aromatic nitrogens is 4. The van der Waals surface area contributed by atoms with Crippen LogP contribution in [0.1, 0.15) is 31.8 Å². The fraction of sp³-hybridized carbons (Fsp3) is 0.429. The molecule has 0 aromatic carbocycles. The van der Waals surface area contributed by atoms with Gasteiger partial charge in [-0.25, -0.2) is 4.98 Å². The smallest absolute Gasteiger partial charge is 0.255 e. The van der Waals surface area contributed by atoms with E-state index in [9.17, 15) is 4.79 Å². The summed E-state index contributed by atoms with van der Waals surface area (Å²) in [6.45, 7) is 8.19. The molecule has 1 N–H and O–H groups in total. The van der Waals surface area contributed by atoms with Gasteiger partial charge in [0.2, 0.25) is 0 Å². The van der Waals surface area contributed by atoms with Gasteiger partial charge in [0.15, 0.2) is 5.82 Å². The van der Waals surface area contributed by atoms with Gasteiger partial charge in [-0.3, -0.25) is 19.8 Å². The third-order valence-electron chi connectivity index (χ3n) is 6.09. The number of carbonyl (C=O) groups is 1. The van der Waals surface area contributed by atoms with Crippen LogP contribution >= 0.6 is 11.3 Å². The molecule has 0 aliphatic carbocycles. The lowest BCUT2D eigenvalue weighted by atomic mass is 9.80. The Labute approximate surface area is 173 Å². The molecule has 0 radical (unpaired) electrons. The predicted molar refractivity (Wildman–Crippen MR) is 111 cm³/mol. The highest BCUT2D eigenvalue weighted by Crippen LogP contribution is 2.44. The van der Waals surface area contributed by atoms with E-state index in [1.165, 1.54) is 9.75 Å². The maximum atomic E-state index is 13.1. The van der Waals surface area contributed by atoms with Crippen LogP contribution in [0.15, 0.2) is 36.7 Å². The summed E-state index contributed by atoms with van der Waals surface area (Å²) in [7, 11) is 0. The minimum absolute atomic E-state index is 0.0413. The largest absolute Gasteiger partial charge is 0.337 e. The number of aromatic amines is 1. The van der Waals surface area contributed by atoms with E-state index >= 15 is 0 Å². The molecule has 0 spiro atoms. The van der Waals surface area contributed by atoms with Crippen molar-refractivity contribution < 1.29 is 4.79 Å². The molecule has 150 valence electrons. The first kappa shape index (κ1) is 18.4. The van der Waals surface area contributed by atoms with Gasteiger partial charge < -0.3 is 4.90 Å². The van der Waals surface area contributed by atoms with Gasteiger partial charge in [-0.1, -0.05) is 0 Å². The monoisotopic (exact) mass is 408 g/mol. The molecule has 3 aromatic heterocycles. The number of H-pyrrole nitrogens is 1. The second-order valence-corrected chi connectivity index (χ2v) is 9.58. The number of pyridine rings is 1. The lowest BCUT2D eigenvalue weighted by molar-refractivity contribution is 0.0768. The van der Waals surface area contributed by atoms with E-state index in [0.717, 1.165) is 37.8 Å². The highest BCUT2D eigenvalue weighted by Gasteiger charge is 2.56. The van der Waals surface area contributed by atoms with Gasteiger partial charge in [0.25, 0.3) is 5.91 Å². The third kappa shape index (κ3) is 3.26. The molecule has 2 fully saturated rings. The molecule has 2 atom stereocenters. The van der Waals surface area contributed by atoms with Gasteiger partial charge in [-0.05, 0) is 38.1 Å². The fourth-order valence-electron chi connectivity index (χ4n) is 4.79. The zero-order valence-electron chi connectivity index (χ0n) is 16.6. The molecule has 5 heterocycles. The van der Waals surface area contributed by atoms with Crippen LogP contribution in [0.3, 0.4) is 0 Å². The Balaban J connectivity index is 1.41. The van der Waals surface area contributed by atoms with Gasteiger partial charge >= 0.3 is 0 Å². The van der Waals surface area contributed by atoms with E-state index < -0.39 is 0 Å². The summed E-state index contributed by atoms with van der Waals surface area (Å²) in [5, 5.41) is 7.54. The number of nitrogens with one attached hydrogen (secondary N) is 1. The highest BCUT2D eigenvalue weighted by molar-refractivity contribution is 7.11. The molecular formula is C21H24N6OS. The van der Waals surface area contributed by atoms with Gasteiger partial charge in [-0.15, -0.1) is 11.3 Å². The Morgan fingerprint density at radius 2 is 2.17 bits per heavy atom. The van der Waals surface area contributed by atoms with Crippen LogP contribution in [0.2, 0.25) is 0 Å². The lowest BCUT2D eigenvalue weighted by Crippen LogP contribution is -2.40. The third-order valence-corrected chi connectivity index (χ3v) is 7.08. The number of thiophene rings is 1. The molecule has 0 bridgehead atoms. The molecule has 0 saturated carbocycles. The van der Waals surface area contributed by atoms with Crippen molar-refractivity contribution in [3.8, 4) is 0 Å². The number of amides is 1. The molecule has 1 amide bonds. The molecular weight excluding hydrogens is 384 g/mol. The number of aryl methyl sites for hydroxylation is 2. The van der Waals surface area contributed by atoms with Crippen LogP contribution in [0.5, 0.6) is 0 Å². The number of carbonyl (C=O) groups excluding carboxylic acids is 1. The summed E-state index contributed by atoms with van der Waals surface area (Å²) in [5.74, 6) is 2.02. The Bertz CT molecular complexity index is 1030. The topological polar surface area (TPSA) is 78.0 Å². The van der Waals surface area contributed by atoms with E-state index in [0.29, 0.717) is 18.0 Å². The first-order valence-electron chi connectivity index (χ1n) is 9.90. The average molecular weight is 409 g/mol. The van der Waals surface area contributed by atoms with Crippen LogP contribution in [0, 0.1) is 19.8 Å². The summed E-state index contributed by atoms with van der Waals surface area (Å²) >= 11 is 1.85. The van der Waals surface area contributed by atoms with E-state index in [1.54, 1.807) is 12.4 Å². The number of likely N-dealkylation sites (tertiary alicyclic amines) is 2. The molecule has 5 rings (SSSR count). The summed E-state index contributed by atoms with van der Waals surface area (Å²) in [4.78, 5) is 29.0. The van der Waals surface area contributed by atoms with Crippen molar-refractivity contribution in [2.75, 3.05) is 26.2 Å². The van der Waals surface area contributed by atoms with Crippen LogP contribution in [-0.2, 0) is 12.0 Å². The minimum atomic E-state index is -0.227. The quantitative estimate of drug-likeness (QED) is 0.717. The van der Waals surface area contributed by atoms with Crippen molar-refractivity contribution in [1.82, 2.24) is 30.0 Å². The zero-order chi connectivity index (χ0) is 20.0. The number of hydrogen-bond donors (Lipinski definition) is 1. The maximum Gasteiger partial charge on any atom is 0.255 e. The summed E-state index contributed by atoms with van der Waals surface area (Å²) in [6.07, 6.45) is 3.34. The normalized spacial score (nSPS) is 24.2. The van der Waals surface area contributed by atoms with E-state index in [2.05, 4.69) is 39.1 Å². The van der Waals surface area contributed by atoms with Crippen molar-refractivity contribution in [3.05, 3.63) is 63.6 Å². The SMILES string of the molecule is Cc1nc([C@@]23CN(Cc4ccc(C)s4)C[C@@H]2CN(C(=O)c2cccnc2)C3)n[nH]1. The van der Waals surface area contributed by atoms with Gasteiger partial charge in [0.1, 0.15) is 5.82 Å². The lowest BCUT2D eigenvalue weighted by Gasteiger charge is -2.26. The Morgan fingerprint density at radius 3 is 2.86 bits per heavy atom. The zero-order valence-corrected chi connectivity index (χ0v) is 17.4. The summed E-state index contributed by atoms with van der Waals surface area (Å²) < 4.78 is 0. The number of hydrogen-bond acceptors (Lipinski definition) is 6. The van der Waals surface area contributed by atoms with E-state index in [1.807, 2.05) is 35.3 Å². The molecule has 2 aliphatic rings.